The summed E-state index contributed by atoms with van der Waals surface area (Å²) in [5, 5.41) is 9.68. The summed E-state index contributed by atoms with van der Waals surface area (Å²) >= 11 is 11.3. The van der Waals surface area contributed by atoms with E-state index in [1.807, 2.05) is 30.0 Å². The lowest BCUT2D eigenvalue weighted by Gasteiger charge is -2.34. The van der Waals surface area contributed by atoms with Crippen LogP contribution in [0.3, 0.4) is 0 Å². The lowest BCUT2D eigenvalue weighted by atomic mass is 10.1. The van der Waals surface area contributed by atoms with E-state index in [2.05, 4.69) is 20.8 Å². The molecule has 3 nitrogen and oxygen atoms in total. The van der Waals surface area contributed by atoms with Crippen molar-refractivity contribution < 1.29 is 9.90 Å². The molecule has 1 atom stereocenters. The van der Waals surface area contributed by atoms with Gasteiger partial charge in [-0.2, -0.15) is 11.8 Å². The summed E-state index contributed by atoms with van der Waals surface area (Å²) in [5.41, 5.74) is 1.15. The molecule has 1 aliphatic rings. The molecule has 0 saturated carbocycles. The van der Waals surface area contributed by atoms with Gasteiger partial charge in [0, 0.05) is 40.1 Å². The van der Waals surface area contributed by atoms with E-state index in [9.17, 15) is 4.79 Å². The smallest absolute Gasteiger partial charge is 0.304 e. The van der Waals surface area contributed by atoms with Crippen molar-refractivity contribution in [3.8, 4) is 0 Å². The molecule has 2 rings (SSSR count). The summed E-state index contributed by atoms with van der Waals surface area (Å²) in [6, 6.07) is 5.85. The minimum Gasteiger partial charge on any atom is -0.481 e. The minimum atomic E-state index is -0.729. The number of carboxylic acids is 1. The number of hydrogen-bond donors (Lipinski definition) is 1. The molecule has 0 aromatic heterocycles. The third kappa shape index (κ3) is 4.38. The standard InChI is InChI=1S/C13H15BrClNO2S/c14-12-5-10(15)2-1-9(12)7-16-3-4-19-8-11(16)6-13(17)18/h1-2,5,11H,3-4,6-8H2,(H,17,18). The summed E-state index contributed by atoms with van der Waals surface area (Å²) < 4.78 is 0.979. The van der Waals surface area contributed by atoms with E-state index in [1.54, 1.807) is 0 Å². The van der Waals surface area contributed by atoms with Crippen molar-refractivity contribution >= 4 is 45.3 Å². The van der Waals surface area contributed by atoms with Gasteiger partial charge in [0.15, 0.2) is 0 Å². The summed E-state index contributed by atoms with van der Waals surface area (Å²) in [6.07, 6.45) is 0.207. The Labute approximate surface area is 130 Å². The van der Waals surface area contributed by atoms with E-state index in [1.165, 1.54) is 0 Å². The van der Waals surface area contributed by atoms with E-state index in [4.69, 9.17) is 16.7 Å². The molecular formula is C13H15BrClNO2S. The zero-order chi connectivity index (χ0) is 13.8. The Balaban J connectivity index is 2.08. The van der Waals surface area contributed by atoms with Gasteiger partial charge in [-0.3, -0.25) is 9.69 Å². The molecule has 1 aliphatic heterocycles. The molecule has 0 spiro atoms. The molecule has 1 saturated heterocycles. The number of carbonyl (C=O) groups is 1. The fraction of sp³-hybridized carbons (Fsp3) is 0.462. The van der Waals surface area contributed by atoms with Crippen molar-refractivity contribution in [1.82, 2.24) is 4.90 Å². The molecule has 0 aliphatic carbocycles. The minimum absolute atomic E-state index is 0.110. The van der Waals surface area contributed by atoms with Gasteiger partial charge in [0.2, 0.25) is 0 Å². The Morgan fingerprint density at radius 1 is 1.58 bits per heavy atom. The van der Waals surface area contributed by atoms with Crippen LogP contribution in [0.4, 0.5) is 0 Å². The fourth-order valence-corrected chi connectivity index (χ4v) is 4.09. The van der Waals surface area contributed by atoms with Gasteiger partial charge in [0.1, 0.15) is 0 Å². The maximum absolute atomic E-state index is 10.9. The van der Waals surface area contributed by atoms with Crippen LogP contribution in [-0.4, -0.2) is 40.1 Å². The first-order valence-corrected chi connectivity index (χ1v) is 8.36. The van der Waals surface area contributed by atoms with Gasteiger partial charge in [0.25, 0.3) is 0 Å². The molecule has 1 fully saturated rings. The van der Waals surface area contributed by atoms with E-state index in [0.29, 0.717) is 5.02 Å². The highest BCUT2D eigenvalue weighted by Gasteiger charge is 2.25. The fourth-order valence-electron chi connectivity index (χ4n) is 2.16. The quantitative estimate of drug-likeness (QED) is 0.888. The summed E-state index contributed by atoms with van der Waals surface area (Å²) in [6.45, 7) is 1.69. The van der Waals surface area contributed by atoms with E-state index in [-0.39, 0.29) is 12.5 Å². The molecular weight excluding hydrogens is 350 g/mol. The number of benzene rings is 1. The highest BCUT2D eigenvalue weighted by atomic mass is 79.9. The molecule has 19 heavy (non-hydrogen) atoms. The van der Waals surface area contributed by atoms with Crippen molar-refractivity contribution in [2.75, 3.05) is 18.1 Å². The maximum Gasteiger partial charge on any atom is 0.304 e. The van der Waals surface area contributed by atoms with Gasteiger partial charge < -0.3 is 5.11 Å². The molecule has 1 aromatic rings. The highest BCUT2D eigenvalue weighted by molar-refractivity contribution is 9.10. The largest absolute Gasteiger partial charge is 0.481 e. The van der Waals surface area contributed by atoms with Crippen molar-refractivity contribution in [1.29, 1.82) is 0 Å². The van der Waals surface area contributed by atoms with Crippen molar-refractivity contribution in [2.45, 2.75) is 19.0 Å². The van der Waals surface area contributed by atoms with Crippen LogP contribution >= 0.6 is 39.3 Å². The van der Waals surface area contributed by atoms with E-state index < -0.39 is 5.97 Å². The molecule has 1 N–H and O–H groups in total. The second kappa shape index (κ2) is 6.97. The van der Waals surface area contributed by atoms with Gasteiger partial charge >= 0.3 is 5.97 Å². The monoisotopic (exact) mass is 363 g/mol. The van der Waals surface area contributed by atoms with E-state index in [0.717, 1.165) is 34.6 Å². The predicted octanol–water partition coefficient (Wildman–Crippen LogP) is 3.49. The average molecular weight is 365 g/mol. The van der Waals surface area contributed by atoms with Crippen molar-refractivity contribution in [3.63, 3.8) is 0 Å². The molecule has 0 amide bonds. The number of carboxylic acid groups (broad SMARTS) is 1. The Kier molecular flexibility index (Phi) is 5.57. The van der Waals surface area contributed by atoms with Crippen LogP contribution < -0.4 is 0 Å². The van der Waals surface area contributed by atoms with Gasteiger partial charge in [0.05, 0.1) is 6.42 Å². The second-order valence-corrected chi connectivity index (χ2v) is 6.97. The van der Waals surface area contributed by atoms with Crippen molar-refractivity contribution in [3.05, 3.63) is 33.3 Å². The molecule has 1 aromatic carbocycles. The Morgan fingerprint density at radius 2 is 2.37 bits per heavy atom. The Morgan fingerprint density at radius 3 is 3.05 bits per heavy atom. The van der Waals surface area contributed by atoms with Crippen LogP contribution in [0.2, 0.25) is 5.02 Å². The number of thioether (sulfide) groups is 1. The molecule has 1 heterocycles. The molecule has 1 unspecified atom stereocenters. The summed E-state index contributed by atoms with van der Waals surface area (Å²) in [5.74, 6) is 1.21. The third-order valence-electron chi connectivity index (χ3n) is 3.15. The van der Waals surface area contributed by atoms with E-state index >= 15 is 0 Å². The lowest BCUT2D eigenvalue weighted by Crippen LogP contribution is -2.43. The first-order valence-electron chi connectivity index (χ1n) is 6.04. The molecule has 104 valence electrons. The number of nitrogens with zero attached hydrogens (tertiary/aromatic N) is 1. The molecule has 0 radical (unpaired) electrons. The van der Waals surface area contributed by atoms with Gasteiger partial charge in [-0.1, -0.05) is 33.6 Å². The third-order valence-corrected chi connectivity index (χ3v) is 5.21. The summed E-state index contributed by atoms with van der Waals surface area (Å²) in [4.78, 5) is 13.2. The van der Waals surface area contributed by atoms with Crippen LogP contribution in [0.25, 0.3) is 0 Å². The Hall–Kier alpha value is -0.230. The molecule has 6 heteroatoms. The number of aliphatic carboxylic acids is 1. The normalized spacial score (nSPS) is 20.4. The van der Waals surface area contributed by atoms with Crippen LogP contribution in [0.1, 0.15) is 12.0 Å². The van der Waals surface area contributed by atoms with Gasteiger partial charge in [-0.05, 0) is 17.7 Å². The second-order valence-electron chi connectivity index (χ2n) is 4.53. The van der Waals surface area contributed by atoms with Gasteiger partial charge in [-0.25, -0.2) is 0 Å². The summed E-state index contributed by atoms with van der Waals surface area (Å²) in [7, 11) is 0. The van der Waals surface area contributed by atoms with Crippen LogP contribution in [-0.2, 0) is 11.3 Å². The number of hydrogen-bond acceptors (Lipinski definition) is 3. The topological polar surface area (TPSA) is 40.5 Å². The van der Waals surface area contributed by atoms with Crippen molar-refractivity contribution in [2.24, 2.45) is 0 Å². The molecule has 0 bridgehead atoms. The maximum atomic E-state index is 10.9. The van der Waals surface area contributed by atoms with Crippen LogP contribution in [0.5, 0.6) is 0 Å². The average Bonchev–Trinajstić information content (AvgIpc) is 2.34. The number of rotatable bonds is 4. The Bertz CT molecular complexity index is 472. The number of halogens is 2. The first kappa shape index (κ1) is 15.2. The predicted molar refractivity (Wildman–Crippen MR) is 82.9 cm³/mol. The first-order chi connectivity index (χ1) is 9.06. The van der Waals surface area contributed by atoms with Gasteiger partial charge in [-0.15, -0.1) is 0 Å². The SMILES string of the molecule is O=C(O)CC1CSCCN1Cc1ccc(Cl)cc1Br. The van der Waals surface area contributed by atoms with Crippen LogP contribution in [0.15, 0.2) is 22.7 Å². The van der Waals surface area contributed by atoms with Crippen LogP contribution in [0, 0.1) is 0 Å². The zero-order valence-corrected chi connectivity index (χ0v) is 13.5. The lowest BCUT2D eigenvalue weighted by molar-refractivity contribution is -0.138. The highest BCUT2D eigenvalue weighted by Crippen LogP contribution is 2.26. The zero-order valence-electron chi connectivity index (χ0n) is 10.3.